The van der Waals surface area contributed by atoms with Crippen LogP contribution >= 0.6 is 0 Å². The van der Waals surface area contributed by atoms with E-state index in [0.29, 0.717) is 0 Å². The molecule has 2 heterocycles. The zero-order valence-corrected chi connectivity index (χ0v) is 9.74. The summed E-state index contributed by atoms with van der Waals surface area (Å²) in [7, 11) is 0. The molecule has 0 bridgehead atoms. The monoisotopic (exact) mass is 204 g/mol. The van der Waals surface area contributed by atoms with Crippen molar-refractivity contribution in [3.05, 3.63) is 29.6 Å². The molecule has 1 aromatic heterocycles. The number of pyridine rings is 1. The molecule has 1 fully saturated rings. The molecule has 0 amide bonds. The summed E-state index contributed by atoms with van der Waals surface area (Å²) in [5, 5.41) is 0. The Balaban J connectivity index is 2.04. The first kappa shape index (κ1) is 10.6. The quantitative estimate of drug-likeness (QED) is 0.736. The average Bonchev–Trinajstić information content (AvgIpc) is 2.24. The second kappa shape index (κ2) is 4.75. The first-order valence-electron chi connectivity index (χ1n) is 5.92. The molecule has 1 aliphatic heterocycles. The van der Waals surface area contributed by atoms with E-state index in [9.17, 15) is 0 Å². The number of rotatable bonds is 2. The Morgan fingerprint density at radius 2 is 2.33 bits per heavy atom. The number of nitrogens with zero attached hydrogens (tertiary/aromatic N) is 2. The Labute approximate surface area is 92.3 Å². The minimum absolute atomic E-state index is 0.735. The fraction of sp³-hybridized carbons (Fsp3) is 0.615. The van der Waals surface area contributed by atoms with Gasteiger partial charge in [-0.25, -0.2) is 0 Å². The molecule has 15 heavy (non-hydrogen) atoms. The molecule has 0 N–H and O–H groups in total. The highest BCUT2D eigenvalue weighted by Crippen LogP contribution is 2.19. The van der Waals surface area contributed by atoms with E-state index in [1.54, 1.807) is 0 Å². The zero-order valence-electron chi connectivity index (χ0n) is 9.74. The number of piperidine rings is 1. The van der Waals surface area contributed by atoms with E-state index in [2.05, 4.69) is 29.8 Å². The van der Waals surface area contributed by atoms with Gasteiger partial charge in [0.2, 0.25) is 0 Å². The van der Waals surface area contributed by atoms with Crippen LogP contribution in [-0.4, -0.2) is 22.5 Å². The van der Waals surface area contributed by atoms with Crippen molar-refractivity contribution in [3.63, 3.8) is 0 Å². The number of hydrogen-bond acceptors (Lipinski definition) is 2. The summed E-state index contributed by atoms with van der Waals surface area (Å²) in [5.41, 5.74) is 2.56. The molecule has 0 radical (unpaired) electrons. The van der Waals surface area contributed by atoms with E-state index in [1.165, 1.54) is 37.1 Å². The number of likely N-dealkylation sites (tertiary alicyclic amines) is 1. The topological polar surface area (TPSA) is 16.1 Å². The van der Waals surface area contributed by atoms with E-state index in [0.717, 1.165) is 12.6 Å². The lowest BCUT2D eigenvalue weighted by molar-refractivity contribution is 0.152. The van der Waals surface area contributed by atoms with Crippen LogP contribution in [0.4, 0.5) is 0 Å². The van der Waals surface area contributed by atoms with Crippen molar-refractivity contribution in [2.24, 2.45) is 0 Å². The standard InChI is InChI=1S/C13H20N2/c1-11-6-3-4-9-15(11)10-13-7-5-8-14-12(13)2/h5,7-8,11H,3-4,6,9-10H2,1-2H3. The number of hydrogen-bond donors (Lipinski definition) is 0. The SMILES string of the molecule is Cc1ncccc1CN1CCCCC1C. The highest BCUT2D eigenvalue weighted by atomic mass is 15.2. The van der Waals surface area contributed by atoms with Gasteiger partial charge in [-0.05, 0) is 44.9 Å². The van der Waals surface area contributed by atoms with Gasteiger partial charge < -0.3 is 0 Å². The minimum Gasteiger partial charge on any atom is -0.296 e. The third-order valence-electron chi connectivity index (χ3n) is 3.43. The van der Waals surface area contributed by atoms with Crippen molar-refractivity contribution >= 4 is 0 Å². The lowest BCUT2D eigenvalue weighted by Gasteiger charge is -2.33. The molecule has 0 saturated carbocycles. The third kappa shape index (κ3) is 2.57. The molecule has 1 aromatic rings. The van der Waals surface area contributed by atoms with Gasteiger partial charge in [-0.2, -0.15) is 0 Å². The van der Waals surface area contributed by atoms with Gasteiger partial charge in [-0.1, -0.05) is 12.5 Å². The predicted octanol–water partition coefficient (Wildman–Crippen LogP) is 2.76. The highest BCUT2D eigenvalue weighted by molar-refractivity contribution is 5.18. The van der Waals surface area contributed by atoms with Crippen molar-refractivity contribution < 1.29 is 0 Å². The largest absolute Gasteiger partial charge is 0.296 e. The summed E-state index contributed by atoms with van der Waals surface area (Å²) in [6, 6.07) is 4.97. The molecule has 0 aliphatic carbocycles. The third-order valence-corrected chi connectivity index (χ3v) is 3.43. The van der Waals surface area contributed by atoms with Crippen LogP contribution in [0.3, 0.4) is 0 Å². The molecule has 0 aromatic carbocycles. The zero-order chi connectivity index (χ0) is 10.7. The number of aromatic nitrogens is 1. The minimum atomic E-state index is 0.735. The van der Waals surface area contributed by atoms with Gasteiger partial charge in [0.1, 0.15) is 0 Å². The Bertz CT molecular complexity index is 322. The summed E-state index contributed by atoms with van der Waals surface area (Å²) >= 11 is 0. The van der Waals surface area contributed by atoms with Crippen LogP contribution < -0.4 is 0 Å². The summed E-state index contributed by atoms with van der Waals surface area (Å²) in [6.45, 7) is 6.76. The molecule has 0 spiro atoms. The molecular formula is C13H20N2. The molecule has 2 rings (SSSR count). The maximum Gasteiger partial charge on any atom is 0.0417 e. The predicted molar refractivity (Wildman–Crippen MR) is 62.7 cm³/mol. The van der Waals surface area contributed by atoms with E-state index >= 15 is 0 Å². The van der Waals surface area contributed by atoms with Crippen molar-refractivity contribution in [1.29, 1.82) is 0 Å². The van der Waals surface area contributed by atoms with Crippen molar-refractivity contribution in [2.45, 2.75) is 45.7 Å². The first-order valence-corrected chi connectivity index (χ1v) is 5.92. The normalized spacial score (nSPS) is 22.9. The van der Waals surface area contributed by atoms with Crippen LogP contribution in [0.1, 0.15) is 37.4 Å². The highest BCUT2D eigenvalue weighted by Gasteiger charge is 2.18. The number of aryl methyl sites for hydroxylation is 1. The Kier molecular flexibility index (Phi) is 3.37. The maximum absolute atomic E-state index is 4.34. The van der Waals surface area contributed by atoms with Crippen LogP contribution in [0, 0.1) is 6.92 Å². The molecule has 1 atom stereocenters. The van der Waals surface area contributed by atoms with Crippen LogP contribution in [0.25, 0.3) is 0 Å². The lowest BCUT2D eigenvalue weighted by atomic mass is 10.0. The van der Waals surface area contributed by atoms with Crippen LogP contribution in [-0.2, 0) is 6.54 Å². The lowest BCUT2D eigenvalue weighted by Crippen LogP contribution is -2.36. The Hall–Kier alpha value is -0.890. The maximum atomic E-state index is 4.34. The van der Waals surface area contributed by atoms with Gasteiger partial charge in [0.15, 0.2) is 0 Å². The van der Waals surface area contributed by atoms with E-state index in [4.69, 9.17) is 0 Å². The average molecular weight is 204 g/mol. The van der Waals surface area contributed by atoms with Gasteiger partial charge in [0, 0.05) is 24.5 Å². The van der Waals surface area contributed by atoms with Crippen LogP contribution in [0.15, 0.2) is 18.3 Å². The van der Waals surface area contributed by atoms with Crippen LogP contribution in [0.2, 0.25) is 0 Å². The molecular weight excluding hydrogens is 184 g/mol. The smallest absolute Gasteiger partial charge is 0.0417 e. The van der Waals surface area contributed by atoms with Gasteiger partial charge in [0.25, 0.3) is 0 Å². The molecule has 82 valence electrons. The summed E-state index contributed by atoms with van der Waals surface area (Å²) in [6.07, 6.45) is 5.96. The summed E-state index contributed by atoms with van der Waals surface area (Å²) in [5.74, 6) is 0. The molecule has 2 heteroatoms. The van der Waals surface area contributed by atoms with E-state index < -0.39 is 0 Å². The molecule has 2 nitrogen and oxygen atoms in total. The van der Waals surface area contributed by atoms with Gasteiger partial charge in [0.05, 0.1) is 0 Å². The summed E-state index contributed by atoms with van der Waals surface area (Å²) in [4.78, 5) is 6.92. The Morgan fingerprint density at radius 1 is 1.47 bits per heavy atom. The Morgan fingerprint density at radius 3 is 3.07 bits per heavy atom. The van der Waals surface area contributed by atoms with Crippen molar-refractivity contribution in [2.75, 3.05) is 6.54 Å². The summed E-state index contributed by atoms with van der Waals surface area (Å²) < 4.78 is 0. The van der Waals surface area contributed by atoms with Gasteiger partial charge in [-0.15, -0.1) is 0 Å². The van der Waals surface area contributed by atoms with E-state index in [-0.39, 0.29) is 0 Å². The van der Waals surface area contributed by atoms with E-state index in [1.807, 2.05) is 12.3 Å². The molecule has 1 unspecified atom stereocenters. The molecule has 1 aliphatic rings. The fourth-order valence-electron chi connectivity index (χ4n) is 2.30. The van der Waals surface area contributed by atoms with Gasteiger partial charge >= 0.3 is 0 Å². The molecule has 1 saturated heterocycles. The second-order valence-electron chi connectivity index (χ2n) is 4.56. The fourth-order valence-corrected chi connectivity index (χ4v) is 2.30. The first-order chi connectivity index (χ1) is 7.27. The second-order valence-corrected chi connectivity index (χ2v) is 4.56. The van der Waals surface area contributed by atoms with Gasteiger partial charge in [-0.3, -0.25) is 9.88 Å². The van der Waals surface area contributed by atoms with Crippen molar-refractivity contribution in [1.82, 2.24) is 9.88 Å². The van der Waals surface area contributed by atoms with Crippen molar-refractivity contribution in [3.8, 4) is 0 Å². The van der Waals surface area contributed by atoms with Crippen LogP contribution in [0.5, 0.6) is 0 Å².